The van der Waals surface area contributed by atoms with Crippen molar-refractivity contribution in [3.63, 3.8) is 0 Å². The van der Waals surface area contributed by atoms with E-state index in [0.29, 0.717) is 24.7 Å². The van der Waals surface area contributed by atoms with Crippen molar-refractivity contribution in [3.8, 4) is 17.0 Å². The number of ether oxygens (including phenoxy) is 1. The fourth-order valence-corrected chi connectivity index (χ4v) is 2.60. The van der Waals surface area contributed by atoms with Gasteiger partial charge in [-0.1, -0.05) is 12.1 Å². The Hall–Kier alpha value is -3.26. The molecule has 0 bridgehead atoms. The molecule has 0 atom stereocenters. The third kappa shape index (κ3) is 3.27. The summed E-state index contributed by atoms with van der Waals surface area (Å²) in [5, 5.41) is 17.5. The second-order valence-electron chi connectivity index (χ2n) is 5.72. The van der Waals surface area contributed by atoms with Crippen LogP contribution in [0.2, 0.25) is 0 Å². The zero-order chi connectivity index (χ0) is 17.9. The first kappa shape index (κ1) is 16.2. The lowest BCUT2D eigenvalue weighted by atomic mass is 10.2. The van der Waals surface area contributed by atoms with Crippen molar-refractivity contribution in [1.82, 2.24) is 24.4 Å². The molecule has 0 aliphatic rings. The zero-order valence-corrected chi connectivity index (χ0v) is 13.8. The number of hydrogen-bond donors (Lipinski definition) is 1. The van der Waals surface area contributed by atoms with E-state index in [4.69, 9.17) is 9.84 Å². The standard InChI is InChI=1S/C18H16FN5O2/c19-15-3-1-13(2-4-15)12-26-17-5-6-24-18(22-17)16(10-21-24)14-9-20-23(11-14)7-8-25/h1-6,9-11,25H,7-8,12H2. The van der Waals surface area contributed by atoms with Crippen molar-refractivity contribution < 1.29 is 14.2 Å². The predicted octanol–water partition coefficient (Wildman–Crippen LogP) is 2.30. The van der Waals surface area contributed by atoms with E-state index in [9.17, 15) is 4.39 Å². The van der Waals surface area contributed by atoms with Crippen molar-refractivity contribution in [3.05, 3.63) is 66.5 Å². The van der Waals surface area contributed by atoms with Gasteiger partial charge in [0.15, 0.2) is 5.65 Å². The highest BCUT2D eigenvalue weighted by Crippen LogP contribution is 2.24. The van der Waals surface area contributed by atoms with Crippen LogP contribution in [0.15, 0.2) is 55.1 Å². The molecule has 8 heteroatoms. The van der Waals surface area contributed by atoms with E-state index in [-0.39, 0.29) is 12.4 Å². The van der Waals surface area contributed by atoms with Crippen LogP contribution >= 0.6 is 0 Å². The minimum absolute atomic E-state index is 0.0233. The van der Waals surface area contributed by atoms with Gasteiger partial charge in [0.1, 0.15) is 12.4 Å². The lowest BCUT2D eigenvalue weighted by molar-refractivity contribution is 0.269. The molecule has 4 aromatic rings. The quantitative estimate of drug-likeness (QED) is 0.576. The van der Waals surface area contributed by atoms with Crippen molar-refractivity contribution in [2.24, 2.45) is 0 Å². The number of rotatable bonds is 6. The van der Waals surface area contributed by atoms with Crippen molar-refractivity contribution in [2.75, 3.05) is 6.61 Å². The van der Waals surface area contributed by atoms with Gasteiger partial charge >= 0.3 is 0 Å². The zero-order valence-electron chi connectivity index (χ0n) is 13.8. The van der Waals surface area contributed by atoms with Crippen molar-refractivity contribution in [1.29, 1.82) is 0 Å². The van der Waals surface area contributed by atoms with E-state index in [1.165, 1.54) is 12.1 Å². The first-order valence-electron chi connectivity index (χ1n) is 8.08. The highest BCUT2D eigenvalue weighted by Gasteiger charge is 2.11. The molecule has 7 nitrogen and oxygen atoms in total. The largest absolute Gasteiger partial charge is 0.473 e. The third-order valence-corrected chi connectivity index (χ3v) is 3.92. The van der Waals surface area contributed by atoms with Crippen molar-refractivity contribution in [2.45, 2.75) is 13.2 Å². The van der Waals surface area contributed by atoms with Gasteiger partial charge in [-0.05, 0) is 17.7 Å². The molecule has 132 valence electrons. The summed E-state index contributed by atoms with van der Waals surface area (Å²) in [6.45, 7) is 0.746. The number of aromatic nitrogens is 5. The fourth-order valence-electron chi connectivity index (χ4n) is 2.60. The van der Waals surface area contributed by atoms with E-state index in [1.54, 1.807) is 46.0 Å². The van der Waals surface area contributed by atoms with E-state index >= 15 is 0 Å². The van der Waals surface area contributed by atoms with E-state index in [2.05, 4.69) is 15.2 Å². The maximum Gasteiger partial charge on any atom is 0.217 e. The Balaban J connectivity index is 1.58. The molecule has 0 fully saturated rings. The van der Waals surface area contributed by atoms with Crippen LogP contribution in [0.1, 0.15) is 5.56 Å². The summed E-state index contributed by atoms with van der Waals surface area (Å²) in [6, 6.07) is 7.87. The highest BCUT2D eigenvalue weighted by molar-refractivity contribution is 5.76. The maximum atomic E-state index is 13.0. The van der Waals surface area contributed by atoms with Crippen LogP contribution in [0.3, 0.4) is 0 Å². The van der Waals surface area contributed by atoms with E-state index in [0.717, 1.165) is 16.7 Å². The monoisotopic (exact) mass is 353 g/mol. The maximum absolute atomic E-state index is 13.0. The molecule has 3 aromatic heterocycles. The fraction of sp³-hybridized carbons (Fsp3) is 0.167. The Bertz CT molecular complexity index is 1030. The van der Waals surface area contributed by atoms with E-state index in [1.807, 2.05) is 6.20 Å². The number of halogens is 1. The molecule has 0 amide bonds. The SMILES string of the molecule is OCCn1cc(-c2cnn3ccc(OCc4ccc(F)cc4)nc23)cn1. The van der Waals surface area contributed by atoms with Gasteiger partial charge in [0.2, 0.25) is 5.88 Å². The van der Waals surface area contributed by atoms with Crippen molar-refractivity contribution >= 4 is 5.65 Å². The average Bonchev–Trinajstić information content (AvgIpc) is 3.28. The highest BCUT2D eigenvalue weighted by atomic mass is 19.1. The molecule has 1 N–H and O–H groups in total. The Kier molecular flexibility index (Phi) is 4.32. The van der Waals surface area contributed by atoms with Crippen LogP contribution in [0, 0.1) is 5.82 Å². The summed E-state index contributed by atoms with van der Waals surface area (Å²) in [7, 11) is 0. The first-order valence-corrected chi connectivity index (χ1v) is 8.08. The second-order valence-corrected chi connectivity index (χ2v) is 5.72. The van der Waals surface area contributed by atoms with Gasteiger partial charge in [-0.2, -0.15) is 15.2 Å². The summed E-state index contributed by atoms with van der Waals surface area (Å²) < 4.78 is 22.0. The van der Waals surface area contributed by atoms with Crippen LogP contribution in [-0.4, -0.2) is 36.1 Å². The molecule has 0 aliphatic carbocycles. The van der Waals surface area contributed by atoms with Gasteiger partial charge in [-0.25, -0.2) is 8.91 Å². The van der Waals surface area contributed by atoms with Gasteiger partial charge in [-0.15, -0.1) is 0 Å². The lowest BCUT2D eigenvalue weighted by Crippen LogP contribution is -2.01. The number of aliphatic hydroxyl groups is 1. The van der Waals surface area contributed by atoms with Crippen LogP contribution in [0.5, 0.6) is 5.88 Å². The van der Waals surface area contributed by atoms with Crippen LogP contribution in [0.4, 0.5) is 4.39 Å². The molecule has 0 aliphatic heterocycles. The smallest absolute Gasteiger partial charge is 0.217 e. The summed E-state index contributed by atoms with van der Waals surface area (Å²) in [6.07, 6.45) is 7.03. The third-order valence-electron chi connectivity index (χ3n) is 3.92. The molecule has 0 radical (unpaired) electrons. The lowest BCUT2D eigenvalue weighted by Gasteiger charge is -2.06. The Labute approximate surface area is 148 Å². The molecule has 0 unspecified atom stereocenters. The minimum atomic E-state index is -0.279. The number of hydrogen-bond acceptors (Lipinski definition) is 5. The summed E-state index contributed by atoms with van der Waals surface area (Å²) in [4.78, 5) is 4.52. The molecule has 1 aromatic carbocycles. The normalized spacial score (nSPS) is 11.2. The second kappa shape index (κ2) is 6.93. The topological polar surface area (TPSA) is 77.5 Å². The molecule has 0 saturated carbocycles. The first-order chi connectivity index (χ1) is 12.7. The summed E-state index contributed by atoms with van der Waals surface area (Å²) in [5.41, 5.74) is 3.18. The molecular weight excluding hydrogens is 337 g/mol. The molecule has 4 rings (SSSR count). The van der Waals surface area contributed by atoms with E-state index < -0.39 is 0 Å². The van der Waals surface area contributed by atoms with Gasteiger partial charge in [0, 0.05) is 29.6 Å². The summed E-state index contributed by atoms with van der Waals surface area (Å²) >= 11 is 0. The number of aliphatic hydroxyl groups excluding tert-OH is 1. The molecular formula is C18H16FN5O2. The average molecular weight is 353 g/mol. The van der Waals surface area contributed by atoms with Gasteiger partial charge < -0.3 is 9.84 Å². The Morgan fingerprint density at radius 3 is 2.73 bits per heavy atom. The Morgan fingerprint density at radius 1 is 1.08 bits per heavy atom. The molecule has 26 heavy (non-hydrogen) atoms. The minimum Gasteiger partial charge on any atom is -0.473 e. The van der Waals surface area contributed by atoms with Crippen LogP contribution < -0.4 is 4.74 Å². The van der Waals surface area contributed by atoms with Gasteiger partial charge in [0.25, 0.3) is 0 Å². The molecule has 0 spiro atoms. The Morgan fingerprint density at radius 2 is 1.92 bits per heavy atom. The van der Waals surface area contributed by atoms with Crippen LogP contribution in [0.25, 0.3) is 16.8 Å². The van der Waals surface area contributed by atoms with Gasteiger partial charge in [-0.3, -0.25) is 4.68 Å². The number of benzene rings is 1. The van der Waals surface area contributed by atoms with Gasteiger partial charge in [0.05, 0.1) is 25.5 Å². The number of fused-ring (bicyclic) bond motifs is 1. The van der Waals surface area contributed by atoms with Crippen LogP contribution in [-0.2, 0) is 13.2 Å². The summed E-state index contributed by atoms with van der Waals surface area (Å²) in [5.74, 6) is 0.172. The number of nitrogens with zero attached hydrogens (tertiary/aromatic N) is 5. The molecule has 3 heterocycles. The molecule has 0 saturated heterocycles. The predicted molar refractivity (Wildman–Crippen MR) is 92.0 cm³/mol.